The summed E-state index contributed by atoms with van der Waals surface area (Å²) in [5.74, 6) is 5.23. The molecule has 0 spiro atoms. The van der Waals surface area contributed by atoms with E-state index in [2.05, 4.69) is 21.4 Å². The number of nitrogens with one attached hydrogen (secondary N) is 1. The number of nitrogens with two attached hydrogens (primary N) is 1. The largest absolute Gasteiger partial charge is 0.382 e. The normalized spacial score (nSPS) is 12.7. The third-order valence-electron chi connectivity index (χ3n) is 2.45. The Morgan fingerprint density at radius 2 is 2.24 bits per heavy atom. The van der Waals surface area contributed by atoms with E-state index in [-0.39, 0.29) is 11.9 Å². The van der Waals surface area contributed by atoms with Crippen molar-refractivity contribution in [3.05, 3.63) is 34.1 Å². The highest BCUT2D eigenvalue weighted by Gasteiger charge is 2.09. The summed E-state index contributed by atoms with van der Waals surface area (Å²) in [5, 5.41) is 0. The monoisotopic (exact) mass is 304 g/mol. The molecule has 1 unspecified atom stereocenters. The molecule has 0 aliphatic heterocycles. The number of hydrogen-bond acceptors (Lipinski definition) is 3. The zero-order chi connectivity index (χ0) is 12.7. The van der Waals surface area contributed by atoms with Gasteiger partial charge in [0.25, 0.3) is 0 Å². The van der Waals surface area contributed by atoms with Crippen LogP contribution in [0.25, 0.3) is 0 Å². The van der Waals surface area contributed by atoms with E-state index in [0.29, 0.717) is 19.6 Å². The molecule has 17 heavy (non-hydrogen) atoms. The summed E-state index contributed by atoms with van der Waals surface area (Å²) in [6.07, 6.45) is 1.48. The first-order chi connectivity index (χ1) is 8.15. The van der Waals surface area contributed by atoms with Gasteiger partial charge in [-0.2, -0.15) is 0 Å². The molecule has 0 amide bonds. The van der Waals surface area contributed by atoms with Crippen LogP contribution in [-0.2, 0) is 11.2 Å². The lowest BCUT2D eigenvalue weighted by Gasteiger charge is -2.16. The quantitative estimate of drug-likeness (QED) is 0.462. The van der Waals surface area contributed by atoms with E-state index >= 15 is 0 Å². The topological polar surface area (TPSA) is 47.3 Å². The van der Waals surface area contributed by atoms with Crippen LogP contribution in [0.15, 0.2) is 22.7 Å². The van der Waals surface area contributed by atoms with Crippen molar-refractivity contribution >= 4 is 15.9 Å². The van der Waals surface area contributed by atoms with Gasteiger partial charge in [0.15, 0.2) is 0 Å². The van der Waals surface area contributed by atoms with Crippen LogP contribution in [0.1, 0.15) is 18.9 Å². The van der Waals surface area contributed by atoms with Gasteiger partial charge < -0.3 is 4.74 Å². The summed E-state index contributed by atoms with van der Waals surface area (Å²) in [6.45, 7) is 3.30. The zero-order valence-electron chi connectivity index (χ0n) is 9.88. The van der Waals surface area contributed by atoms with Gasteiger partial charge in [-0.15, -0.1) is 0 Å². The lowest BCUT2D eigenvalue weighted by molar-refractivity contribution is 0.136. The molecule has 0 radical (unpaired) electrons. The summed E-state index contributed by atoms with van der Waals surface area (Å²) >= 11 is 3.27. The smallest absolute Gasteiger partial charge is 0.124 e. The molecular weight excluding hydrogens is 287 g/mol. The molecule has 5 heteroatoms. The molecule has 0 aliphatic rings. The van der Waals surface area contributed by atoms with E-state index in [1.807, 2.05) is 13.0 Å². The van der Waals surface area contributed by atoms with E-state index in [0.717, 1.165) is 16.5 Å². The third kappa shape index (κ3) is 5.59. The molecule has 0 saturated carbocycles. The SMILES string of the molecule is CCOCCC(Cc1cc(F)cc(Br)c1)NN. The fourth-order valence-electron chi connectivity index (χ4n) is 1.63. The molecule has 0 fully saturated rings. The minimum Gasteiger partial charge on any atom is -0.382 e. The summed E-state index contributed by atoms with van der Waals surface area (Å²) in [5.41, 5.74) is 3.64. The zero-order valence-corrected chi connectivity index (χ0v) is 11.5. The van der Waals surface area contributed by atoms with Gasteiger partial charge in [0, 0.05) is 23.7 Å². The Kier molecular flexibility index (Phi) is 6.65. The van der Waals surface area contributed by atoms with Crippen molar-refractivity contribution in [3.63, 3.8) is 0 Å². The average Bonchev–Trinajstić information content (AvgIpc) is 2.26. The van der Waals surface area contributed by atoms with Gasteiger partial charge in [0.1, 0.15) is 5.82 Å². The summed E-state index contributed by atoms with van der Waals surface area (Å²) in [4.78, 5) is 0. The minimum atomic E-state index is -0.241. The molecule has 0 aliphatic carbocycles. The predicted molar refractivity (Wildman–Crippen MR) is 70.0 cm³/mol. The van der Waals surface area contributed by atoms with Crippen molar-refractivity contribution in [3.8, 4) is 0 Å². The minimum absolute atomic E-state index is 0.0928. The van der Waals surface area contributed by atoms with Crippen molar-refractivity contribution in [2.75, 3.05) is 13.2 Å². The Morgan fingerprint density at radius 1 is 1.47 bits per heavy atom. The highest BCUT2D eigenvalue weighted by atomic mass is 79.9. The van der Waals surface area contributed by atoms with Crippen LogP contribution in [0.3, 0.4) is 0 Å². The standard InChI is InChI=1S/C12H18BrFN2O/c1-2-17-4-3-12(16-15)7-9-5-10(13)8-11(14)6-9/h5-6,8,12,16H,2-4,7,15H2,1H3. The van der Waals surface area contributed by atoms with Crippen LogP contribution in [0, 0.1) is 5.82 Å². The van der Waals surface area contributed by atoms with Crippen molar-refractivity contribution in [2.24, 2.45) is 5.84 Å². The number of rotatable bonds is 7. The highest BCUT2D eigenvalue weighted by Crippen LogP contribution is 2.16. The molecule has 0 saturated heterocycles. The molecule has 1 atom stereocenters. The second-order valence-corrected chi connectivity index (χ2v) is 4.75. The average molecular weight is 305 g/mol. The van der Waals surface area contributed by atoms with Gasteiger partial charge in [-0.1, -0.05) is 15.9 Å². The number of benzene rings is 1. The Bertz CT molecular complexity index is 329. The van der Waals surface area contributed by atoms with Gasteiger partial charge in [-0.3, -0.25) is 11.3 Å². The van der Waals surface area contributed by atoms with Gasteiger partial charge in [-0.25, -0.2) is 4.39 Å². The summed E-state index contributed by atoms with van der Waals surface area (Å²) in [6, 6.07) is 4.95. The van der Waals surface area contributed by atoms with E-state index in [4.69, 9.17) is 10.6 Å². The first kappa shape index (κ1) is 14.6. The first-order valence-corrected chi connectivity index (χ1v) is 6.43. The van der Waals surface area contributed by atoms with Crippen LogP contribution in [0.4, 0.5) is 4.39 Å². The predicted octanol–water partition coefficient (Wildman–Crippen LogP) is 2.39. The van der Waals surface area contributed by atoms with Gasteiger partial charge in [0.05, 0.1) is 0 Å². The number of halogens is 2. The summed E-state index contributed by atoms with van der Waals surface area (Å²) in [7, 11) is 0. The first-order valence-electron chi connectivity index (χ1n) is 5.64. The van der Waals surface area contributed by atoms with Crippen molar-refractivity contribution < 1.29 is 9.13 Å². The number of ether oxygens (including phenoxy) is 1. The molecule has 3 N–H and O–H groups in total. The lowest BCUT2D eigenvalue weighted by atomic mass is 10.0. The number of hydrogen-bond donors (Lipinski definition) is 2. The fraction of sp³-hybridized carbons (Fsp3) is 0.500. The van der Waals surface area contributed by atoms with Crippen LogP contribution < -0.4 is 11.3 Å². The Hall–Kier alpha value is -0.490. The van der Waals surface area contributed by atoms with Gasteiger partial charge in [0.2, 0.25) is 0 Å². The maximum Gasteiger partial charge on any atom is 0.124 e. The van der Waals surface area contributed by atoms with Crippen LogP contribution in [-0.4, -0.2) is 19.3 Å². The molecule has 3 nitrogen and oxygen atoms in total. The molecule has 1 aromatic carbocycles. The molecule has 0 aromatic heterocycles. The fourth-order valence-corrected chi connectivity index (χ4v) is 2.14. The number of hydrazine groups is 1. The molecular formula is C12H18BrFN2O. The van der Waals surface area contributed by atoms with Gasteiger partial charge >= 0.3 is 0 Å². The Morgan fingerprint density at radius 3 is 2.82 bits per heavy atom. The van der Waals surface area contributed by atoms with Crippen molar-refractivity contribution in [1.82, 2.24) is 5.43 Å². The molecule has 1 aromatic rings. The Labute approximate surface area is 110 Å². The van der Waals surface area contributed by atoms with Crippen LogP contribution >= 0.6 is 15.9 Å². The van der Waals surface area contributed by atoms with Crippen LogP contribution in [0.2, 0.25) is 0 Å². The Balaban J connectivity index is 2.54. The lowest BCUT2D eigenvalue weighted by Crippen LogP contribution is -2.37. The van der Waals surface area contributed by atoms with E-state index < -0.39 is 0 Å². The molecule has 1 rings (SSSR count). The van der Waals surface area contributed by atoms with E-state index in [1.54, 1.807) is 0 Å². The van der Waals surface area contributed by atoms with Crippen LogP contribution in [0.5, 0.6) is 0 Å². The molecule has 0 heterocycles. The maximum absolute atomic E-state index is 13.2. The van der Waals surface area contributed by atoms with E-state index in [1.165, 1.54) is 12.1 Å². The molecule has 0 bridgehead atoms. The second-order valence-electron chi connectivity index (χ2n) is 3.83. The third-order valence-corrected chi connectivity index (χ3v) is 2.91. The van der Waals surface area contributed by atoms with E-state index in [9.17, 15) is 4.39 Å². The van der Waals surface area contributed by atoms with Gasteiger partial charge in [-0.05, 0) is 43.5 Å². The second kappa shape index (κ2) is 7.76. The van der Waals surface area contributed by atoms with Crippen molar-refractivity contribution in [2.45, 2.75) is 25.8 Å². The maximum atomic E-state index is 13.2. The van der Waals surface area contributed by atoms with Crippen molar-refractivity contribution in [1.29, 1.82) is 0 Å². The highest BCUT2D eigenvalue weighted by molar-refractivity contribution is 9.10. The summed E-state index contributed by atoms with van der Waals surface area (Å²) < 4.78 is 19.2. The molecule has 96 valence electrons.